The van der Waals surface area contributed by atoms with Gasteiger partial charge in [-0.1, -0.05) is 26.1 Å². The van der Waals surface area contributed by atoms with E-state index in [1.165, 1.54) is 0 Å². The predicted molar refractivity (Wildman–Crippen MR) is 70.9 cm³/mol. The van der Waals surface area contributed by atoms with Gasteiger partial charge in [-0.3, -0.25) is 0 Å². The molecule has 1 aliphatic rings. The minimum Gasteiger partial charge on any atom is -0.449 e. The standard InChI is InChI=1S/C10H18N2O2S2/c1-8(2)7-14-9(13)11-3-5-12(6-4-11)10(15)16/h8H,3-7H2,1-2H3,(H,15,16). The van der Waals surface area contributed by atoms with Gasteiger partial charge in [-0.15, -0.1) is 12.6 Å². The first-order valence-electron chi connectivity index (χ1n) is 5.40. The van der Waals surface area contributed by atoms with Gasteiger partial charge in [0.15, 0.2) is 0 Å². The molecule has 0 unspecified atom stereocenters. The zero-order valence-corrected chi connectivity index (χ0v) is 11.4. The van der Waals surface area contributed by atoms with Crippen LogP contribution in [0.2, 0.25) is 0 Å². The Morgan fingerprint density at radius 1 is 1.31 bits per heavy atom. The summed E-state index contributed by atoms with van der Waals surface area (Å²) in [7, 11) is 0. The minimum absolute atomic E-state index is 0.224. The molecule has 16 heavy (non-hydrogen) atoms. The van der Waals surface area contributed by atoms with Crippen molar-refractivity contribution in [3.8, 4) is 0 Å². The average molecular weight is 262 g/mol. The largest absolute Gasteiger partial charge is 0.449 e. The molecule has 1 amide bonds. The fourth-order valence-corrected chi connectivity index (χ4v) is 1.79. The lowest BCUT2D eigenvalue weighted by Crippen LogP contribution is -2.49. The number of rotatable bonds is 2. The fourth-order valence-electron chi connectivity index (χ4n) is 1.41. The van der Waals surface area contributed by atoms with Crippen LogP contribution >= 0.6 is 24.8 Å². The van der Waals surface area contributed by atoms with E-state index < -0.39 is 0 Å². The van der Waals surface area contributed by atoms with Gasteiger partial charge in [0.25, 0.3) is 0 Å². The number of carbonyl (C=O) groups excluding carboxylic acids is 1. The monoisotopic (exact) mass is 262 g/mol. The number of hydrogen-bond acceptors (Lipinski definition) is 3. The smallest absolute Gasteiger partial charge is 0.409 e. The lowest BCUT2D eigenvalue weighted by atomic mass is 10.2. The summed E-state index contributed by atoms with van der Waals surface area (Å²) in [6.07, 6.45) is -0.224. The van der Waals surface area contributed by atoms with Gasteiger partial charge in [0.2, 0.25) is 0 Å². The van der Waals surface area contributed by atoms with Gasteiger partial charge in [-0.05, 0) is 5.92 Å². The molecule has 0 aromatic rings. The minimum atomic E-state index is -0.224. The number of ether oxygens (including phenoxy) is 1. The molecular formula is C10H18N2O2S2. The van der Waals surface area contributed by atoms with Gasteiger partial charge >= 0.3 is 6.09 Å². The van der Waals surface area contributed by atoms with Crippen molar-refractivity contribution in [2.45, 2.75) is 13.8 Å². The van der Waals surface area contributed by atoms with Crippen molar-refractivity contribution in [1.82, 2.24) is 9.80 Å². The van der Waals surface area contributed by atoms with E-state index in [9.17, 15) is 4.79 Å². The summed E-state index contributed by atoms with van der Waals surface area (Å²) in [6, 6.07) is 0. The second-order valence-electron chi connectivity index (χ2n) is 4.23. The molecular weight excluding hydrogens is 244 g/mol. The third-order valence-corrected chi connectivity index (χ3v) is 2.89. The van der Waals surface area contributed by atoms with Crippen LogP contribution in [0.1, 0.15) is 13.8 Å². The Morgan fingerprint density at radius 2 is 1.81 bits per heavy atom. The maximum Gasteiger partial charge on any atom is 0.409 e. The first-order valence-corrected chi connectivity index (χ1v) is 6.26. The van der Waals surface area contributed by atoms with E-state index >= 15 is 0 Å². The summed E-state index contributed by atoms with van der Waals surface area (Å²) in [5, 5.41) is 0. The topological polar surface area (TPSA) is 32.8 Å². The summed E-state index contributed by atoms with van der Waals surface area (Å²) in [5.41, 5.74) is 0. The highest BCUT2D eigenvalue weighted by atomic mass is 32.1. The molecule has 0 atom stereocenters. The van der Waals surface area contributed by atoms with Crippen molar-refractivity contribution in [2.24, 2.45) is 5.92 Å². The van der Waals surface area contributed by atoms with Crippen LogP contribution in [0.3, 0.4) is 0 Å². The van der Waals surface area contributed by atoms with E-state index in [1.807, 2.05) is 18.7 Å². The lowest BCUT2D eigenvalue weighted by Gasteiger charge is -2.34. The number of nitrogens with zero attached hydrogens (tertiary/aromatic N) is 2. The van der Waals surface area contributed by atoms with E-state index in [2.05, 4.69) is 12.6 Å². The highest BCUT2D eigenvalue weighted by Gasteiger charge is 2.22. The second kappa shape index (κ2) is 6.30. The van der Waals surface area contributed by atoms with Crippen LogP contribution in [0, 0.1) is 5.92 Å². The van der Waals surface area contributed by atoms with Crippen LogP contribution in [0.25, 0.3) is 0 Å². The third kappa shape index (κ3) is 4.17. The summed E-state index contributed by atoms with van der Waals surface area (Å²) in [4.78, 5) is 15.3. The molecule has 1 heterocycles. The number of thiol groups is 1. The van der Waals surface area contributed by atoms with Crippen molar-refractivity contribution < 1.29 is 9.53 Å². The van der Waals surface area contributed by atoms with Gasteiger partial charge in [-0.25, -0.2) is 4.79 Å². The molecule has 0 spiro atoms. The zero-order valence-electron chi connectivity index (χ0n) is 9.68. The first kappa shape index (κ1) is 13.6. The Balaban J connectivity index is 2.30. The Kier molecular flexibility index (Phi) is 5.34. The number of amides is 1. The molecule has 0 aromatic heterocycles. The summed E-state index contributed by atoms with van der Waals surface area (Å²) < 4.78 is 5.75. The molecule has 1 saturated heterocycles. The lowest BCUT2D eigenvalue weighted by molar-refractivity contribution is 0.0798. The molecule has 0 aromatic carbocycles. The molecule has 1 aliphatic heterocycles. The molecule has 4 nitrogen and oxygen atoms in total. The van der Waals surface area contributed by atoms with Crippen LogP contribution in [0.15, 0.2) is 0 Å². The highest BCUT2D eigenvalue weighted by molar-refractivity contribution is 8.10. The molecule has 6 heteroatoms. The summed E-state index contributed by atoms with van der Waals surface area (Å²) in [6.45, 7) is 7.28. The first-order chi connectivity index (χ1) is 7.50. The van der Waals surface area contributed by atoms with Crippen molar-refractivity contribution in [3.05, 3.63) is 0 Å². The SMILES string of the molecule is CC(C)COC(=O)N1CCN(C(=S)S)CC1. The van der Waals surface area contributed by atoms with E-state index in [4.69, 9.17) is 17.0 Å². The Bertz CT molecular complexity index is 264. The molecule has 0 aliphatic carbocycles. The van der Waals surface area contributed by atoms with Crippen molar-refractivity contribution in [1.29, 1.82) is 0 Å². The number of hydrogen-bond donors (Lipinski definition) is 1. The van der Waals surface area contributed by atoms with Gasteiger partial charge in [-0.2, -0.15) is 0 Å². The highest BCUT2D eigenvalue weighted by Crippen LogP contribution is 2.07. The van der Waals surface area contributed by atoms with Crippen molar-refractivity contribution in [3.63, 3.8) is 0 Å². The number of piperazine rings is 1. The van der Waals surface area contributed by atoms with Crippen molar-refractivity contribution in [2.75, 3.05) is 32.8 Å². The molecule has 0 N–H and O–H groups in total. The molecule has 92 valence electrons. The fraction of sp³-hybridized carbons (Fsp3) is 0.800. The zero-order chi connectivity index (χ0) is 12.1. The van der Waals surface area contributed by atoms with Gasteiger partial charge in [0, 0.05) is 26.2 Å². The molecule has 1 rings (SSSR count). The van der Waals surface area contributed by atoms with E-state index in [1.54, 1.807) is 4.90 Å². The Hall–Kier alpha value is -0.490. The normalized spacial score (nSPS) is 16.5. The van der Waals surface area contributed by atoms with Gasteiger partial charge in [0.05, 0.1) is 6.61 Å². The molecule has 0 saturated carbocycles. The maximum absolute atomic E-state index is 11.6. The van der Waals surface area contributed by atoms with Crippen LogP contribution in [-0.2, 0) is 4.74 Å². The number of carbonyl (C=O) groups is 1. The quantitative estimate of drug-likeness (QED) is 0.605. The van der Waals surface area contributed by atoms with Gasteiger partial charge in [0.1, 0.15) is 4.32 Å². The second-order valence-corrected chi connectivity index (χ2v) is 5.34. The predicted octanol–water partition coefficient (Wildman–Crippen LogP) is 1.61. The summed E-state index contributed by atoms with van der Waals surface area (Å²) >= 11 is 9.07. The van der Waals surface area contributed by atoms with E-state index in [0.717, 1.165) is 13.1 Å². The molecule has 0 bridgehead atoms. The van der Waals surface area contributed by atoms with Crippen LogP contribution < -0.4 is 0 Å². The maximum atomic E-state index is 11.6. The average Bonchev–Trinajstić information content (AvgIpc) is 2.26. The van der Waals surface area contributed by atoms with E-state index in [0.29, 0.717) is 29.9 Å². The third-order valence-electron chi connectivity index (χ3n) is 2.35. The van der Waals surface area contributed by atoms with E-state index in [-0.39, 0.29) is 6.09 Å². The Labute approximate surface area is 107 Å². The van der Waals surface area contributed by atoms with Crippen LogP contribution in [0.5, 0.6) is 0 Å². The van der Waals surface area contributed by atoms with Crippen LogP contribution in [0.4, 0.5) is 4.79 Å². The molecule has 0 radical (unpaired) electrons. The molecule has 1 fully saturated rings. The van der Waals surface area contributed by atoms with Gasteiger partial charge < -0.3 is 14.5 Å². The Morgan fingerprint density at radius 3 is 2.25 bits per heavy atom. The van der Waals surface area contributed by atoms with Crippen molar-refractivity contribution >= 4 is 35.3 Å². The number of thiocarbonyl (C=S) groups is 1. The summed E-state index contributed by atoms with van der Waals surface area (Å²) in [5.74, 6) is 0.371. The van der Waals surface area contributed by atoms with Crippen LogP contribution in [-0.4, -0.2) is 53.0 Å².